The largest absolute Gasteiger partial charge is 0.468 e. The summed E-state index contributed by atoms with van der Waals surface area (Å²) in [5.74, 6) is 2.70. The predicted molar refractivity (Wildman–Crippen MR) is 60.5 cm³/mol. The third-order valence-electron chi connectivity index (χ3n) is 2.08. The van der Waals surface area contributed by atoms with E-state index in [2.05, 4.69) is 0 Å². The zero-order valence-corrected chi connectivity index (χ0v) is 9.07. The molecule has 2 heterocycles. The van der Waals surface area contributed by atoms with Crippen LogP contribution in [-0.2, 0) is 5.75 Å². The van der Waals surface area contributed by atoms with Gasteiger partial charge in [0.2, 0.25) is 0 Å². The summed E-state index contributed by atoms with van der Waals surface area (Å²) < 4.78 is 10.6. The number of rotatable bonds is 5. The van der Waals surface area contributed by atoms with E-state index in [9.17, 15) is 0 Å². The minimum Gasteiger partial charge on any atom is -0.468 e. The van der Waals surface area contributed by atoms with Gasteiger partial charge in [-0.05, 0) is 24.3 Å². The molecule has 80 valence electrons. The summed E-state index contributed by atoms with van der Waals surface area (Å²) in [6.07, 6.45) is 3.35. The standard InChI is InChI=1S/C11H13NO2S/c12-7-11(10-4-2-6-14-10)15-8-9-3-1-5-13-9/h1-6,11H,7-8,12H2. The zero-order chi connectivity index (χ0) is 10.5. The average Bonchev–Trinajstić information content (AvgIpc) is 2.90. The van der Waals surface area contributed by atoms with Crippen LogP contribution in [0.5, 0.6) is 0 Å². The quantitative estimate of drug-likeness (QED) is 0.846. The van der Waals surface area contributed by atoms with Crippen LogP contribution in [0.15, 0.2) is 45.6 Å². The lowest BCUT2D eigenvalue weighted by atomic mass is 10.3. The van der Waals surface area contributed by atoms with Crippen molar-refractivity contribution in [1.82, 2.24) is 0 Å². The molecule has 1 unspecified atom stereocenters. The summed E-state index contributed by atoms with van der Waals surface area (Å²) >= 11 is 1.72. The maximum atomic E-state index is 5.69. The van der Waals surface area contributed by atoms with Gasteiger partial charge < -0.3 is 14.6 Å². The summed E-state index contributed by atoms with van der Waals surface area (Å²) in [4.78, 5) is 0. The molecule has 0 radical (unpaired) electrons. The Kier molecular flexibility index (Phi) is 3.53. The number of thioether (sulfide) groups is 1. The minimum absolute atomic E-state index is 0.199. The Morgan fingerprint density at radius 2 is 2.00 bits per heavy atom. The molecule has 0 spiro atoms. The van der Waals surface area contributed by atoms with Crippen LogP contribution in [0.1, 0.15) is 16.8 Å². The van der Waals surface area contributed by atoms with E-state index in [0.717, 1.165) is 17.3 Å². The second-order valence-electron chi connectivity index (χ2n) is 3.13. The highest BCUT2D eigenvalue weighted by Gasteiger charge is 2.13. The molecule has 3 nitrogen and oxygen atoms in total. The molecule has 0 aliphatic rings. The van der Waals surface area contributed by atoms with Crippen molar-refractivity contribution in [3.05, 3.63) is 48.3 Å². The molecular formula is C11H13NO2S. The molecule has 15 heavy (non-hydrogen) atoms. The number of hydrogen-bond donors (Lipinski definition) is 1. The van der Waals surface area contributed by atoms with Crippen molar-refractivity contribution in [2.75, 3.05) is 6.54 Å². The summed E-state index contributed by atoms with van der Waals surface area (Å²) in [5, 5.41) is 0.199. The molecule has 2 N–H and O–H groups in total. The van der Waals surface area contributed by atoms with E-state index in [1.54, 1.807) is 24.3 Å². The molecule has 0 fully saturated rings. The second kappa shape index (κ2) is 5.09. The normalized spacial score (nSPS) is 12.9. The molecule has 0 bridgehead atoms. The van der Waals surface area contributed by atoms with Crippen molar-refractivity contribution in [2.45, 2.75) is 11.0 Å². The van der Waals surface area contributed by atoms with Crippen LogP contribution in [0, 0.1) is 0 Å². The van der Waals surface area contributed by atoms with Gasteiger partial charge >= 0.3 is 0 Å². The Hall–Kier alpha value is -1.13. The molecule has 2 aromatic heterocycles. The molecule has 2 aromatic rings. The Balaban J connectivity index is 1.92. The van der Waals surface area contributed by atoms with Crippen LogP contribution >= 0.6 is 11.8 Å². The summed E-state index contributed by atoms with van der Waals surface area (Å²) in [6, 6.07) is 7.68. The second-order valence-corrected chi connectivity index (χ2v) is 4.32. The Morgan fingerprint density at radius 1 is 1.20 bits per heavy atom. The number of nitrogens with two attached hydrogens (primary N) is 1. The average molecular weight is 223 g/mol. The van der Waals surface area contributed by atoms with Crippen molar-refractivity contribution in [3.8, 4) is 0 Å². The van der Waals surface area contributed by atoms with Crippen LogP contribution in [0.2, 0.25) is 0 Å². The Bertz CT molecular complexity index is 369. The monoisotopic (exact) mass is 223 g/mol. The Morgan fingerprint density at radius 3 is 2.60 bits per heavy atom. The first kappa shape index (κ1) is 10.4. The third kappa shape index (κ3) is 2.67. The fourth-order valence-electron chi connectivity index (χ4n) is 1.32. The van der Waals surface area contributed by atoms with Gasteiger partial charge in [-0.3, -0.25) is 0 Å². The van der Waals surface area contributed by atoms with Crippen LogP contribution in [0.25, 0.3) is 0 Å². The van der Waals surface area contributed by atoms with E-state index in [1.165, 1.54) is 0 Å². The van der Waals surface area contributed by atoms with Gasteiger partial charge in [-0.1, -0.05) is 0 Å². The molecule has 0 saturated carbocycles. The molecule has 4 heteroatoms. The van der Waals surface area contributed by atoms with Gasteiger partial charge in [0.25, 0.3) is 0 Å². The van der Waals surface area contributed by atoms with Crippen LogP contribution in [0.4, 0.5) is 0 Å². The van der Waals surface area contributed by atoms with Crippen LogP contribution < -0.4 is 5.73 Å². The lowest BCUT2D eigenvalue weighted by Crippen LogP contribution is -2.08. The molecule has 0 amide bonds. The lowest BCUT2D eigenvalue weighted by Gasteiger charge is -2.10. The van der Waals surface area contributed by atoms with Crippen molar-refractivity contribution >= 4 is 11.8 Å². The van der Waals surface area contributed by atoms with Crippen molar-refractivity contribution in [3.63, 3.8) is 0 Å². The summed E-state index contributed by atoms with van der Waals surface area (Å²) in [7, 11) is 0. The summed E-state index contributed by atoms with van der Waals surface area (Å²) in [5.41, 5.74) is 5.69. The molecule has 0 saturated heterocycles. The first-order chi connectivity index (χ1) is 7.40. The molecule has 2 rings (SSSR count). The van der Waals surface area contributed by atoms with Gasteiger partial charge in [0.15, 0.2) is 0 Å². The fraction of sp³-hybridized carbons (Fsp3) is 0.273. The van der Waals surface area contributed by atoms with Crippen LogP contribution in [0.3, 0.4) is 0 Å². The van der Waals surface area contributed by atoms with Gasteiger partial charge in [0.05, 0.1) is 23.5 Å². The fourth-order valence-corrected chi connectivity index (χ4v) is 2.28. The smallest absolute Gasteiger partial charge is 0.118 e. The maximum Gasteiger partial charge on any atom is 0.118 e. The first-order valence-corrected chi connectivity index (χ1v) is 5.82. The van der Waals surface area contributed by atoms with E-state index < -0.39 is 0 Å². The van der Waals surface area contributed by atoms with Gasteiger partial charge in [-0.2, -0.15) is 0 Å². The molecule has 0 aromatic carbocycles. The highest BCUT2D eigenvalue weighted by molar-refractivity contribution is 7.98. The zero-order valence-electron chi connectivity index (χ0n) is 8.26. The highest BCUT2D eigenvalue weighted by atomic mass is 32.2. The molecule has 1 atom stereocenters. The van der Waals surface area contributed by atoms with Crippen molar-refractivity contribution in [1.29, 1.82) is 0 Å². The SMILES string of the molecule is NCC(SCc1ccco1)c1ccco1. The Labute approximate surface area is 92.6 Å². The predicted octanol–water partition coefficient (Wildman–Crippen LogP) is 2.81. The minimum atomic E-state index is 0.199. The van der Waals surface area contributed by atoms with Crippen LogP contribution in [-0.4, -0.2) is 6.54 Å². The molecular weight excluding hydrogens is 210 g/mol. The van der Waals surface area contributed by atoms with Gasteiger partial charge in [0.1, 0.15) is 11.5 Å². The number of furan rings is 2. The molecule has 0 aliphatic heterocycles. The van der Waals surface area contributed by atoms with Crippen molar-refractivity contribution in [2.24, 2.45) is 5.73 Å². The lowest BCUT2D eigenvalue weighted by molar-refractivity contribution is 0.505. The van der Waals surface area contributed by atoms with E-state index in [1.807, 2.05) is 24.3 Å². The van der Waals surface area contributed by atoms with E-state index in [4.69, 9.17) is 14.6 Å². The van der Waals surface area contributed by atoms with Crippen molar-refractivity contribution < 1.29 is 8.83 Å². The highest BCUT2D eigenvalue weighted by Crippen LogP contribution is 2.30. The van der Waals surface area contributed by atoms with E-state index in [-0.39, 0.29) is 5.25 Å². The van der Waals surface area contributed by atoms with E-state index >= 15 is 0 Å². The first-order valence-electron chi connectivity index (χ1n) is 4.77. The summed E-state index contributed by atoms with van der Waals surface area (Å²) in [6.45, 7) is 0.568. The van der Waals surface area contributed by atoms with Gasteiger partial charge in [-0.25, -0.2) is 0 Å². The van der Waals surface area contributed by atoms with E-state index in [0.29, 0.717) is 6.54 Å². The topological polar surface area (TPSA) is 52.3 Å². The third-order valence-corrected chi connectivity index (χ3v) is 3.36. The maximum absolute atomic E-state index is 5.69. The number of hydrogen-bond acceptors (Lipinski definition) is 4. The van der Waals surface area contributed by atoms with Gasteiger partial charge in [-0.15, -0.1) is 11.8 Å². The van der Waals surface area contributed by atoms with Gasteiger partial charge in [0, 0.05) is 6.54 Å². The molecule has 0 aliphatic carbocycles.